The summed E-state index contributed by atoms with van der Waals surface area (Å²) in [4.78, 5) is 12.0. The highest BCUT2D eigenvalue weighted by molar-refractivity contribution is 7.92. The number of carbonyl (C=O) groups is 1. The summed E-state index contributed by atoms with van der Waals surface area (Å²) in [7, 11) is -3.90. The molecule has 0 bridgehead atoms. The summed E-state index contributed by atoms with van der Waals surface area (Å²) >= 11 is 0. The smallest absolute Gasteiger partial charge is 0.264 e. The van der Waals surface area contributed by atoms with E-state index in [0.29, 0.717) is 0 Å². The zero-order valence-corrected chi connectivity index (χ0v) is 15.7. The van der Waals surface area contributed by atoms with Crippen molar-refractivity contribution in [2.24, 2.45) is 5.73 Å². The van der Waals surface area contributed by atoms with Crippen LogP contribution in [0.25, 0.3) is 0 Å². The average molecular weight is 380 g/mol. The first-order chi connectivity index (χ1) is 12.9. The number of amides is 1. The topological polar surface area (TPSA) is 80.5 Å². The molecule has 0 fully saturated rings. The van der Waals surface area contributed by atoms with Gasteiger partial charge in [0.05, 0.1) is 22.7 Å². The lowest BCUT2D eigenvalue weighted by Gasteiger charge is -2.26. The molecular weight excluding hydrogens is 360 g/mol. The van der Waals surface area contributed by atoms with Crippen LogP contribution in [0.3, 0.4) is 0 Å². The Bertz CT molecular complexity index is 1050. The van der Waals surface area contributed by atoms with Crippen molar-refractivity contribution in [2.75, 3.05) is 4.31 Å². The second-order valence-electron chi connectivity index (χ2n) is 6.19. The highest BCUT2D eigenvalue weighted by Crippen LogP contribution is 2.29. The number of nitrogens with two attached hydrogens (primary N) is 1. The minimum absolute atomic E-state index is 0.0847. The first-order valence-electron chi connectivity index (χ1n) is 8.42. The SMILES string of the molecule is Cc1ccc(S(=O)(=O)N(Cc2ccccc2)c2ccccc2C(N)=O)cc1. The Kier molecular flexibility index (Phi) is 5.28. The van der Waals surface area contributed by atoms with Crippen LogP contribution in [0.15, 0.2) is 83.8 Å². The predicted octanol–water partition coefficient (Wildman–Crippen LogP) is 3.49. The number of nitrogens with zero attached hydrogens (tertiary/aromatic N) is 1. The summed E-state index contributed by atoms with van der Waals surface area (Å²) in [6, 6.07) is 22.3. The summed E-state index contributed by atoms with van der Waals surface area (Å²) in [6.07, 6.45) is 0. The molecule has 6 heteroatoms. The number of hydrogen-bond donors (Lipinski definition) is 1. The lowest BCUT2D eigenvalue weighted by molar-refractivity contribution is 0.100. The van der Waals surface area contributed by atoms with Crippen molar-refractivity contribution in [3.8, 4) is 0 Å². The van der Waals surface area contributed by atoms with Gasteiger partial charge in [0.15, 0.2) is 0 Å². The Morgan fingerprint density at radius 3 is 2.11 bits per heavy atom. The van der Waals surface area contributed by atoms with E-state index in [9.17, 15) is 13.2 Å². The van der Waals surface area contributed by atoms with Crippen LogP contribution < -0.4 is 10.0 Å². The van der Waals surface area contributed by atoms with E-state index >= 15 is 0 Å². The second kappa shape index (κ2) is 7.63. The number of para-hydroxylation sites is 1. The summed E-state index contributed by atoms with van der Waals surface area (Å²) in [5, 5.41) is 0. The molecule has 3 aromatic carbocycles. The number of sulfonamides is 1. The maximum Gasteiger partial charge on any atom is 0.264 e. The molecule has 1 amide bonds. The first-order valence-corrected chi connectivity index (χ1v) is 9.86. The number of anilines is 1. The van der Waals surface area contributed by atoms with Crippen molar-refractivity contribution in [3.05, 3.63) is 95.6 Å². The molecule has 0 radical (unpaired) electrons. The molecule has 0 aliphatic heterocycles. The molecule has 0 heterocycles. The number of aryl methyl sites for hydroxylation is 1. The summed E-state index contributed by atoms with van der Waals surface area (Å²) in [5.74, 6) is -0.678. The maximum atomic E-state index is 13.4. The molecule has 0 aliphatic carbocycles. The average Bonchev–Trinajstić information content (AvgIpc) is 2.67. The van der Waals surface area contributed by atoms with Gasteiger partial charge in [-0.2, -0.15) is 0 Å². The van der Waals surface area contributed by atoms with Gasteiger partial charge >= 0.3 is 0 Å². The second-order valence-corrected chi connectivity index (χ2v) is 8.05. The number of hydrogen-bond acceptors (Lipinski definition) is 3. The number of rotatable bonds is 6. The van der Waals surface area contributed by atoms with Crippen molar-refractivity contribution >= 4 is 21.6 Å². The van der Waals surface area contributed by atoms with Crippen LogP contribution in [0.4, 0.5) is 5.69 Å². The monoisotopic (exact) mass is 380 g/mol. The van der Waals surface area contributed by atoms with Gasteiger partial charge in [0.25, 0.3) is 15.9 Å². The Hall–Kier alpha value is -3.12. The predicted molar refractivity (Wildman–Crippen MR) is 106 cm³/mol. The van der Waals surface area contributed by atoms with Gasteiger partial charge in [-0.05, 0) is 36.8 Å². The van der Waals surface area contributed by atoms with E-state index in [-0.39, 0.29) is 22.7 Å². The van der Waals surface area contributed by atoms with E-state index in [1.165, 1.54) is 10.4 Å². The highest BCUT2D eigenvalue weighted by atomic mass is 32.2. The third-order valence-electron chi connectivity index (χ3n) is 4.22. The van der Waals surface area contributed by atoms with Gasteiger partial charge in [-0.25, -0.2) is 8.42 Å². The standard InChI is InChI=1S/C21H20N2O3S/c1-16-11-13-18(14-12-16)27(25,26)23(15-17-7-3-2-4-8-17)20-10-6-5-9-19(20)21(22)24/h2-14H,15H2,1H3,(H2,22,24). The van der Waals surface area contributed by atoms with Crippen LogP contribution in [0.5, 0.6) is 0 Å². The van der Waals surface area contributed by atoms with Crippen molar-refractivity contribution in [3.63, 3.8) is 0 Å². The van der Waals surface area contributed by atoms with E-state index in [2.05, 4.69) is 0 Å². The number of benzene rings is 3. The molecule has 0 saturated heterocycles. The highest BCUT2D eigenvalue weighted by Gasteiger charge is 2.28. The first kappa shape index (κ1) is 18.7. The van der Waals surface area contributed by atoms with E-state index in [1.807, 2.05) is 37.3 Å². The Balaban J connectivity index is 2.16. The maximum absolute atomic E-state index is 13.4. The molecule has 3 aromatic rings. The molecule has 3 rings (SSSR count). The third-order valence-corrected chi connectivity index (χ3v) is 5.99. The van der Waals surface area contributed by atoms with Crippen molar-refractivity contribution in [2.45, 2.75) is 18.4 Å². The van der Waals surface area contributed by atoms with Crippen molar-refractivity contribution < 1.29 is 13.2 Å². The van der Waals surface area contributed by atoms with Gasteiger partial charge in [-0.1, -0.05) is 60.2 Å². The van der Waals surface area contributed by atoms with Crippen LogP contribution in [0.1, 0.15) is 21.5 Å². The van der Waals surface area contributed by atoms with Crippen molar-refractivity contribution in [1.82, 2.24) is 0 Å². The normalized spacial score (nSPS) is 11.1. The molecule has 0 unspecified atom stereocenters. The molecule has 2 N–H and O–H groups in total. The van der Waals surface area contributed by atoms with Gasteiger partial charge in [0, 0.05) is 0 Å². The summed E-state index contributed by atoms with van der Waals surface area (Å²) < 4.78 is 28.0. The van der Waals surface area contributed by atoms with Crippen LogP contribution in [0.2, 0.25) is 0 Å². The van der Waals surface area contributed by atoms with Crippen LogP contribution in [-0.2, 0) is 16.6 Å². The Labute approximate surface area is 159 Å². The molecule has 0 atom stereocenters. The van der Waals surface area contributed by atoms with Gasteiger partial charge in [0.2, 0.25) is 0 Å². The molecule has 0 aromatic heterocycles. The quantitative estimate of drug-likeness (QED) is 0.711. The fourth-order valence-corrected chi connectivity index (χ4v) is 4.26. The largest absolute Gasteiger partial charge is 0.366 e. The third kappa shape index (κ3) is 4.01. The fraction of sp³-hybridized carbons (Fsp3) is 0.0952. The summed E-state index contributed by atoms with van der Waals surface area (Å²) in [6.45, 7) is 1.97. The Morgan fingerprint density at radius 2 is 1.48 bits per heavy atom. The van der Waals surface area contributed by atoms with Crippen LogP contribution in [0, 0.1) is 6.92 Å². The lowest BCUT2D eigenvalue weighted by Crippen LogP contribution is -2.32. The minimum Gasteiger partial charge on any atom is -0.366 e. The number of carbonyl (C=O) groups excluding carboxylic acids is 1. The molecule has 5 nitrogen and oxygen atoms in total. The summed E-state index contributed by atoms with van der Waals surface area (Å²) in [5.41, 5.74) is 7.66. The van der Waals surface area contributed by atoms with E-state index in [1.54, 1.807) is 42.5 Å². The Morgan fingerprint density at radius 1 is 0.889 bits per heavy atom. The fourth-order valence-electron chi connectivity index (χ4n) is 2.79. The van der Waals surface area contributed by atoms with E-state index in [4.69, 9.17) is 5.73 Å². The number of primary amides is 1. The molecule has 0 spiro atoms. The van der Waals surface area contributed by atoms with E-state index < -0.39 is 15.9 Å². The zero-order chi connectivity index (χ0) is 19.4. The van der Waals surface area contributed by atoms with E-state index in [0.717, 1.165) is 11.1 Å². The van der Waals surface area contributed by atoms with Crippen molar-refractivity contribution in [1.29, 1.82) is 0 Å². The van der Waals surface area contributed by atoms with Crippen LogP contribution >= 0.6 is 0 Å². The van der Waals surface area contributed by atoms with Crippen LogP contribution in [-0.4, -0.2) is 14.3 Å². The molecule has 0 saturated carbocycles. The molecule has 27 heavy (non-hydrogen) atoms. The molecule has 0 aliphatic rings. The minimum atomic E-state index is -3.90. The van der Waals surface area contributed by atoms with Gasteiger partial charge in [-0.3, -0.25) is 9.10 Å². The van der Waals surface area contributed by atoms with Gasteiger partial charge in [-0.15, -0.1) is 0 Å². The van der Waals surface area contributed by atoms with Gasteiger partial charge in [0.1, 0.15) is 0 Å². The molecule has 138 valence electrons. The lowest BCUT2D eigenvalue weighted by atomic mass is 10.1. The molecular formula is C21H20N2O3S. The zero-order valence-electron chi connectivity index (χ0n) is 14.9. The van der Waals surface area contributed by atoms with Gasteiger partial charge < -0.3 is 5.73 Å².